The molecule has 0 saturated heterocycles. The number of halogens is 1. The lowest BCUT2D eigenvalue weighted by Crippen LogP contribution is -2.29. The molecule has 0 saturated carbocycles. The summed E-state index contributed by atoms with van der Waals surface area (Å²) in [6, 6.07) is 5.59. The van der Waals surface area contributed by atoms with Crippen LogP contribution in [0, 0.1) is 17.1 Å². The number of nitriles is 1. The van der Waals surface area contributed by atoms with Gasteiger partial charge < -0.3 is 15.3 Å². The second-order valence-corrected chi connectivity index (χ2v) is 3.87. The van der Waals surface area contributed by atoms with Crippen molar-refractivity contribution in [2.75, 3.05) is 13.2 Å². The Kier molecular flexibility index (Phi) is 5.97. The fourth-order valence-corrected chi connectivity index (χ4v) is 1.42. The lowest BCUT2D eigenvalue weighted by molar-refractivity contribution is -0.123. The van der Waals surface area contributed by atoms with Crippen molar-refractivity contribution < 1.29 is 19.1 Å². The molecule has 0 aromatic heterocycles. The lowest BCUT2D eigenvalue weighted by Gasteiger charge is -2.10. The number of hydrogen-bond acceptors (Lipinski definition) is 5. The molecule has 1 aromatic carbocycles. The largest absolute Gasteiger partial charge is 0.483 e. The summed E-state index contributed by atoms with van der Waals surface area (Å²) >= 11 is 0. The normalized spacial score (nSPS) is 10.8. The minimum atomic E-state index is -0.528. The van der Waals surface area contributed by atoms with Crippen molar-refractivity contribution in [1.82, 2.24) is 5.32 Å². The minimum Gasteiger partial charge on any atom is -0.483 e. The van der Waals surface area contributed by atoms with E-state index < -0.39 is 11.7 Å². The highest BCUT2D eigenvalue weighted by molar-refractivity contribution is 6.00. The van der Waals surface area contributed by atoms with Crippen LogP contribution in [0.25, 0.3) is 0 Å². The van der Waals surface area contributed by atoms with E-state index in [0.29, 0.717) is 5.56 Å². The van der Waals surface area contributed by atoms with Gasteiger partial charge in [0, 0.05) is 18.2 Å². The molecule has 1 amide bonds. The zero-order valence-corrected chi connectivity index (χ0v) is 10.9. The summed E-state index contributed by atoms with van der Waals surface area (Å²) < 4.78 is 18.4. The number of hydrogen-bond donors (Lipinski definition) is 2. The Morgan fingerprint density at radius 1 is 1.60 bits per heavy atom. The van der Waals surface area contributed by atoms with E-state index in [2.05, 4.69) is 10.5 Å². The Bertz CT molecular complexity index is 552. The van der Waals surface area contributed by atoms with E-state index in [1.165, 1.54) is 19.1 Å². The molecule has 0 aliphatic rings. The van der Waals surface area contributed by atoms with Crippen LogP contribution in [-0.2, 0) is 4.79 Å². The predicted molar refractivity (Wildman–Crippen MR) is 69.1 cm³/mol. The van der Waals surface area contributed by atoms with Gasteiger partial charge in [-0.2, -0.15) is 5.26 Å². The van der Waals surface area contributed by atoms with Gasteiger partial charge in [-0.15, -0.1) is 0 Å². The van der Waals surface area contributed by atoms with Gasteiger partial charge in [0.25, 0.3) is 5.91 Å². The molecule has 0 bridgehead atoms. The molecule has 0 unspecified atom stereocenters. The Labute approximate surface area is 115 Å². The first-order valence-electron chi connectivity index (χ1n) is 5.83. The highest BCUT2D eigenvalue weighted by Gasteiger charge is 2.11. The molecule has 0 fully saturated rings. The lowest BCUT2D eigenvalue weighted by atomic mass is 10.1. The maximum atomic E-state index is 13.2. The molecule has 0 aliphatic carbocycles. The van der Waals surface area contributed by atoms with Crippen molar-refractivity contribution in [2.45, 2.75) is 13.3 Å². The molecule has 106 valence electrons. The van der Waals surface area contributed by atoms with Crippen molar-refractivity contribution in [3.63, 3.8) is 0 Å². The first kappa shape index (κ1) is 15.4. The summed E-state index contributed by atoms with van der Waals surface area (Å²) in [6.07, 6.45) is 0.202. The van der Waals surface area contributed by atoms with Crippen molar-refractivity contribution >= 4 is 11.6 Å². The maximum Gasteiger partial charge on any atom is 0.257 e. The van der Waals surface area contributed by atoms with Crippen LogP contribution in [0.1, 0.15) is 18.9 Å². The molecule has 1 aromatic rings. The van der Waals surface area contributed by atoms with E-state index in [9.17, 15) is 9.18 Å². The second kappa shape index (κ2) is 7.74. The van der Waals surface area contributed by atoms with Crippen molar-refractivity contribution in [3.05, 3.63) is 29.6 Å². The molecule has 1 rings (SSSR count). The summed E-state index contributed by atoms with van der Waals surface area (Å²) in [7, 11) is 0. The van der Waals surface area contributed by atoms with E-state index in [0.717, 1.165) is 6.07 Å². The molecule has 0 atom stereocenters. The monoisotopic (exact) mass is 279 g/mol. The van der Waals surface area contributed by atoms with E-state index in [-0.39, 0.29) is 31.0 Å². The highest BCUT2D eigenvalue weighted by atomic mass is 19.1. The van der Waals surface area contributed by atoms with Gasteiger partial charge in [-0.1, -0.05) is 5.16 Å². The smallest absolute Gasteiger partial charge is 0.257 e. The van der Waals surface area contributed by atoms with Crippen LogP contribution < -0.4 is 10.1 Å². The fraction of sp³-hybridized carbons (Fsp3) is 0.308. The van der Waals surface area contributed by atoms with E-state index in [1.54, 1.807) is 0 Å². The number of amides is 1. The van der Waals surface area contributed by atoms with Gasteiger partial charge in [0.05, 0.1) is 18.2 Å². The van der Waals surface area contributed by atoms with Gasteiger partial charge in [-0.3, -0.25) is 4.79 Å². The molecule has 6 nitrogen and oxygen atoms in total. The molecule has 7 heteroatoms. The second-order valence-electron chi connectivity index (χ2n) is 3.87. The van der Waals surface area contributed by atoms with Crippen molar-refractivity contribution in [1.29, 1.82) is 5.26 Å². The van der Waals surface area contributed by atoms with Crippen LogP contribution >= 0.6 is 0 Å². The Balaban J connectivity index is 2.70. The molecule has 20 heavy (non-hydrogen) atoms. The Morgan fingerprint density at radius 3 is 3.00 bits per heavy atom. The number of ether oxygens (including phenoxy) is 1. The Morgan fingerprint density at radius 2 is 2.35 bits per heavy atom. The van der Waals surface area contributed by atoms with Gasteiger partial charge in [0.2, 0.25) is 0 Å². The standard InChI is InChI=1S/C13H14FN3O3/c1-9(17-19)11-4-3-10(14)7-12(11)20-8-13(18)16-6-2-5-15/h3-4,7,19H,2,6,8H2,1H3,(H,16,18). The maximum absolute atomic E-state index is 13.2. The molecule has 0 heterocycles. The average Bonchev–Trinajstić information content (AvgIpc) is 2.44. The third kappa shape index (κ3) is 4.57. The van der Waals surface area contributed by atoms with Crippen LogP contribution in [0.15, 0.2) is 23.4 Å². The van der Waals surface area contributed by atoms with Crippen LogP contribution in [0.3, 0.4) is 0 Å². The zero-order chi connectivity index (χ0) is 15.0. The predicted octanol–water partition coefficient (Wildman–Crippen LogP) is 1.43. The zero-order valence-electron chi connectivity index (χ0n) is 10.9. The highest BCUT2D eigenvalue weighted by Crippen LogP contribution is 2.20. The van der Waals surface area contributed by atoms with Crippen LogP contribution in [-0.4, -0.2) is 30.0 Å². The summed E-state index contributed by atoms with van der Waals surface area (Å²) in [5.41, 5.74) is 0.628. The number of carbonyl (C=O) groups excluding carboxylic acids is 1. The Hall–Kier alpha value is -2.62. The van der Waals surface area contributed by atoms with E-state index in [4.69, 9.17) is 15.2 Å². The molecule has 0 aliphatic heterocycles. The molecule has 0 spiro atoms. The van der Waals surface area contributed by atoms with E-state index in [1.807, 2.05) is 6.07 Å². The van der Waals surface area contributed by atoms with Crippen LogP contribution in [0.4, 0.5) is 4.39 Å². The number of nitrogens with zero attached hydrogens (tertiary/aromatic N) is 2. The van der Waals surface area contributed by atoms with Gasteiger partial charge in [0.15, 0.2) is 6.61 Å². The quantitative estimate of drug-likeness (QED) is 0.356. The summed E-state index contributed by atoms with van der Waals surface area (Å²) in [4.78, 5) is 11.4. The molecule has 0 radical (unpaired) electrons. The minimum absolute atomic E-state index is 0.107. The third-order valence-corrected chi connectivity index (χ3v) is 2.40. The van der Waals surface area contributed by atoms with Crippen molar-refractivity contribution in [3.8, 4) is 11.8 Å². The molecule has 2 N–H and O–H groups in total. The van der Waals surface area contributed by atoms with Crippen molar-refractivity contribution in [2.24, 2.45) is 5.16 Å². The van der Waals surface area contributed by atoms with Gasteiger partial charge >= 0.3 is 0 Å². The first-order chi connectivity index (χ1) is 9.58. The van der Waals surface area contributed by atoms with Crippen LogP contribution in [0.2, 0.25) is 0 Å². The third-order valence-electron chi connectivity index (χ3n) is 2.40. The molecular weight excluding hydrogens is 265 g/mol. The van der Waals surface area contributed by atoms with Gasteiger partial charge in [-0.25, -0.2) is 4.39 Å². The number of carbonyl (C=O) groups is 1. The summed E-state index contributed by atoms with van der Waals surface area (Å²) in [5, 5.41) is 22.5. The summed E-state index contributed by atoms with van der Waals surface area (Å²) in [6.45, 7) is 1.43. The fourth-order valence-electron chi connectivity index (χ4n) is 1.42. The van der Waals surface area contributed by atoms with E-state index >= 15 is 0 Å². The first-order valence-corrected chi connectivity index (χ1v) is 5.83. The topological polar surface area (TPSA) is 94.7 Å². The van der Waals surface area contributed by atoms with Gasteiger partial charge in [-0.05, 0) is 19.1 Å². The number of oxime groups is 1. The van der Waals surface area contributed by atoms with Gasteiger partial charge in [0.1, 0.15) is 11.6 Å². The number of rotatable bonds is 6. The number of benzene rings is 1. The SMILES string of the molecule is CC(=NO)c1ccc(F)cc1OCC(=O)NCCC#N. The molecular formula is C13H14FN3O3. The van der Waals surface area contributed by atoms with Crippen LogP contribution in [0.5, 0.6) is 5.75 Å². The summed E-state index contributed by atoms with van der Waals surface area (Å²) in [5.74, 6) is -0.843. The average molecular weight is 279 g/mol. The number of nitrogens with one attached hydrogen (secondary N) is 1.